The van der Waals surface area contributed by atoms with Crippen LogP contribution in [0.1, 0.15) is 30.9 Å². The monoisotopic (exact) mass is 230 g/mol. The van der Waals surface area contributed by atoms with Crippen LogP contribution in [0.4, 0.5) is 0 Å². The molecule has 1 heterocycles. The fourth-order valence-electron chi connectivity index (χ4n) is 2.46. The van der Waals surface area contributed by atoms with E-state index in [1.165, 1.54) is 29.3 Å². The molecule has 0 unspecified atom stereocenters. The summed E-state index contributed by atoms with van der Waals surface area (Å²) in [6.45, 7) is 0.730. The SMILES string of the molecule is NCCCc1cn(C2CC2)c2cc(O)ccc12. The molecule has 0 radical (unpaired) electrons. The zero-order valence-corrected chi connectivity index (χ0v) is 9.89. The van der Waals surface area contributed by atoms with E-state index in [0.717, 1.165) is 19.4 Å². The number of rotatable bonds is 4. The highest BCUT2D eigenvalue weighted by Gasteiger charge is 2.25. The van der Waals surface area contributed by atoms with Crippen molar-refractivity contribution in [2.75, 3.05) is 6.54 Å². The lowest BCUT2D eigenvalue weighted by Gasteiger charge is -2.01. The van der Waals surface area contributed by atoms with Gasteiger partial charge in [0.05, 0.1) is 5.52 Å². The summed E-state index contributed by atoms with van der Waals surface area (Å²) >= 11 is 0. The van der Waals surface area contributed by atoms with Crippen LogP contribution in [0, 0.1) is 0 Å². The minimum atomic E-state index is 0.350. The number of nitrogens with two attached hydrogens (primary N) is 1. The Hall–Kier alpha value is -1.48. The Kier molecular flexibility index (Phi) is 2.56. The summed E-state index contributed by atoms with van der Waals surface area (Å²) in [7, 11) is 0. The molecule has 1 aliphatic carbocycles. The molecule has 1 aliphatic rings. The van der Waals surface area contributed by atoms with Gasteiger partial charge in [0.25, 0.3) is 0 Å². The Morgan fingerprint density at radius 3 is 2.88 bits per heavy atom. The predicted octanol–water partition coefficient (Wildman–Crippen LogP) is 2.57. The zero-order chi connectivity index (χ0) is 11.8. The third kappa shape index (κ3) is 1.91. The fourth-order valence-corrected chi connectivity index (χ4v) is 2.46. The van der Waals surface area contributed by atoms with Crippen LogP contribution in [-0.2, 0) is 6.42 Å². The van der Waals surface area contributed by atoms with Gasteiger partial charge in [-0.15, -0.1) is 0 Å². The molecule has 1 fully saturated rings. The number of hydrogen-bond donors (Lipinski definition) is 2. The van der Waals surface area contributed by atoms with Gasteiger partial charge >= 0.3 is 0 Å². The Balaban J connectivity index is 2.09. The lowest BCUT2D eigenvalue weighted by molar-refractivity contribution is 0.476. The van der Waals surface area contributed by atoms with Crippen molar-refractivity contribution in [3.05, 3.63) is 30.0 Å². The van der Waals surface area contributed by atoms with Crippen LogP contribution in [0.3, 0.4) is 0 Å². The van der Waals surface area contributed by atoms with E-state index in [1.807, 2.05) is 12.1 Å². The van der Waals surface area contributed by atoms with Crippen molar-refractivity contribution >= 4 is 10.9 Å². The van der Waals surface area contributed by atoms with E-state index in [0.29, 0.717) is 11.8 Å². The maximum absolute atomic E-state index is 9.61. The van der Waals surface area contributed by atoms with Crippen LogP contribution in [0.15, 0.2) is 24.4 Å². The molecule has 0 saturated heterocycles. The van der Waals surface area contributed by atoms with Gasteiger partial charge in [-0.25, -0.2) is 0 Å². The number of nitrogens with zero attached hydrogens (tertiary/aromatic N) is 1. The molecule has 3 N–H and O–H groups in total. The second-order valence-electron chi connectivity index (χ2n) is 4.89. The topological polar surface area (TPSA) is 51.2 Å². The number of aryl methyl sites for hydroxylation is 1. The fraction of sp³-hybridized carbons (Fsp3) is 0.429. The minimum Gasteiger partial charge on any atom is -0.508 e. The number of hydrogen-bond acceptors (Lipinski definition) is 2. The summed E-state index contributed by atoms with van der Waals surface area (Å²) in [5.74, 6) is 0.350. The van der Waals surface area contributed by atoms with Crippen LogP contribution < -0.4 is 5.73 Å². The smallest absolute Gasteiger partial charge is 0.117 e. The van der Waals surface area contributed by atoms with Crippen molar-refractivity contribution in [2.24, 2.45) is 5.73 Å². The van der Waals surface area contributed by atoms with E-state index in [9.17, 15) is 5.11 Å². The number of aromatic nitrogens is 1. The van der Waals surface area contributed by atoms with Gasteiger partial charge in [-0.3, -0.25) is 0 Å². The van der Waals surface area contributed by atoms with E-state index in [1.54, 1.807) is 6.07 Å². The minimum absolute atomic E-state index is 0.350. The number of phenolic OH excluding ortho intramolecular Hbond substituents is 1. The first-order valence-corrected chi connectivity index (χ1v) is 6.32. The normalized spacial score (nSPS) is 15.6. The number of fused-ring (bicyclic) bond motifs is 1. The number of phenols is 1. The van der Waals surface area contributed by atoms with E-state index >= 15 is 0 Å². The van der Waals surface area contributed by atoms with Crippen molar-refractivity contribution in [1.82, 2.24) is 4.57 Å². The lowest BCUT2D eigenvalue weighted by atomic mass is 10.1. The summed E-state index contributed by atoms with van der Waals surface area (Å²) in [4.78, 5) is 0. The standard InChI is InChI=1S/C14H18N2O/c15-7-1-2-10-9-16(11-3-4-11)14-8-12(17)5-6-13(10)14/h5-6,8-9,11,17H,1-4,7,15H2. The van der Waals surface area contributed by atoms with Gasteiger partial charge in [0, 0.05) is 23.7 Å². The van der Waals surface area contributed by atoms with Gasteiger partial charge in [-0.1, -0.05) is 0 Å². The average molecular weight is 230 g/mol. The molecule has 17 heavy (non-hydrogen) atoms. The molecule has 2 aromatic rings. The highest BCUT2D eigenvalue weighted by Crippen LogP contribution is 2.39. The van der Waals surface area contributed by atoms with E-state index in [4.69, 9.17) is 5.73 Å². The molecule has 0 aliphatic heterocycles. The first kappa shape index (κ1) is 10.7. The lowest BCUT2D eigenvalue weighted by Crippen LogP contribution is -1.99. The third-order valence-corrected chi connectivity index (χ3v) is 3.49. The van der Waals surface area contributed by atoms with Crippen molar-refractivity contribution in [3.63, 3.8) is 0 Å². The molecule has 3 rings (SSSR count). The predicted molar refractivity (Wildman–Crippen MR) is 69.2 cm³/mol. The van der Waals surface area contributed by atoms with Crippen LogP contribution >= 0.6 is 0 Å². The van der Waals surface area contributed by atoms with Gasteiger partial charge < -0.3 is 15.4 Å². The largest absolute Gasteiger partial charge is 0.508 e. The molecule has 0 amide bonds. The van der Waals surface area contributed by atoms with Crippen molar-refractivity contribution in [1.29, 1.82) is 0 Å². The first-order chi connectivity index (χ1) is 8.29. The van der Waals surface area contributed by atoms with Crippen LogP contribution in [0.25, 0.3) is 10.9 Å². The molecule has 1 saturated carbocycles. The second kappa shape index (κ2) is 4.08. The molecular weight excluding hydrogens is 212 g/mol. The van der Waals surface area contributed by atoms with Crippen molar-refractivity contribution in [3.8, 4) is 5.75 Å². The maximum Gasteiger partial charge on any atom is 0.117 e. The molecule has 1 aromatic heterocycles. The highest BCUT2D eigenvalue weighted by molar-refractivity contribution is 5.85. The summed E-state index contributed by atoms with van der Waals surface area (Å²) in [5, 5.41) is 10.9. The summed E-state index contributed by atoms with van der Waals surface area (Å²) in [5.41, 5.74) is 8.10. The van der Waals surface area contributed by atoms with Gasteiger partial charge in [0.2, 0.25) is 0 Å². The Bertz CT molecular complexity index is 540. The quantitative estimate of drug-likeness (QED) is 0.848. The molecule has 0 bridgehead atoms. The van der Waals surface area contributed by atoms with Crippen LogP contribution in [0.5, 0.6) is 5.75 Å². The van der Waals surface area contributed by atoms with Crippen LogP contribution in [0.2, 0.25) is 0 Å². The van der Waals surface area contributed by atoms with Crippen molar-refractivity contribution < 1.29 is 5.11 Å². The number of benzene rings is 1. The zero-order valence-electron chi connectivity index (χ0n) is 9.89. The second-order valence-corrected chi connectivity index (χ2v) is 4.89. The summed E-state index contributed by atoms with van der Waals surface area (Å²) in [6.07, 6.45) is 6.81. The Morgan fingerprint density at radius 2 is 2.18 bits per heavy atom. The number of aromatic hydroxyl groups is 1. The molecule has 1 aromatic carbocycles. The molecule has 0 spiro atoms. The Morgan fingerprint density at radius 1 is 1.35 bits per heavy atom. The average Bonchev–Trinajstić information content (AvgIpc) is 3.10. The highest BCUT2D eigenvalue weighted by atomic mass is 16.3. The van der Waals surface area contributed by atoms with E-state index < -0.39 is 0 Å². The van der Waals surface area contributed by atoms with Crippen molar-refractivity contribution in [2.45, 2.75) is 31.7 Å². The Labute approximate surface area is 101 Å². The molecule has 3 heteroatoms. The first-order valence-electron chi connectivity index (χ1n) is 6.32. The van der Waals surface area contributed by atoms with Gasteiger partial charge in [0.1, 0.15) is 5.75 Å². The van der Waals surface area contributed by atoms with Gasteiger partial charge in [0.15, 0.2) is 0 Å². The maximum atomic E-state index is 9.61. The molecule has 90 valence electrons. The molecular formula is C14H18N2O. The van der Waals surface area contributed by atoms with E-state index in [2.05, 4.69) is 10.8 Å². The van der Waals surface area contributed by atoms with Gasteiger partial charge in [-0.2, -0.15) is 0 Å². The molecule has 3 nitrogen and oxygen atoms in total. The summed E-state index contributed by atoms with van der Waals surface area (Å²) < 4.78 is 2.32. The van der Waals surface area contributed by atoms with Gasteiger partial charge in [-0.05, 0) is 49.9 Å². The van der Waals surface area contributed by atoms with Crippen LogP contribution in [-0.4, -0.2) is 16.2 Å². The molecule has 0 atom stereocenters. The van der Waals surface area contributed by atoms with E-state index in [-0.39, 0.29) is 0 Å². The summed E-state index contributed by atoms with van der Waals surface area (Å²) in [6, 6.07) is 6.31. The third-order valence-electron chi connectivity index (χ3n) is 3.49.